The molecule has 4 rings (SSSR count). The molecule has 150 valence electrons. The van der Waals surface area contributed by atoms with Gasteiger partial charge in [-0.2, -0.15) is 0 Å². The summed E-state index contributed by atoms with van der Waals surface area (Å²) in [5.74, 6) is 1.70. The summed E-state index contributed by atoms with van der Waals surface area (Å²) in [6, 6.07) is 13.8. The van der Waals surface area contributed by atoms with Gasteiger partial charge in [-0.25, -0.2) is 4.98 Å². The van der Waals surface area contributed by atoms with E-state index in [9.17, 15) is 5.11 Å². The predicted molar refractivity (Wildman–Crippen MR) is 117 cm³/mol. The molecular formula is C23H26N4O2. The number of methoxy groups -OCH3 is 1. The van der Waals surface area contributed by atoms with Crippen LogP contribution in [0.3, 0.4) is 0 Å². The van der Waals surface area contributed by atoms with Crippen molar-refractivity contribution in [3.05, 3.63) is 59.6 Å². The molecule has 0 saturated heterocycles. The van der Waals surface area contributed by atoms with Crippen molar-refractivity contribution in [1.29, 1.82) is 5.41 Å². The van der Waals surface area contributed by atoms with Crippen LogP contribution in [0.4, 0.5) is 5.69 Å². The van der Waals surface area contributed by atoms with Crippen molar-refractivity contribution in [2.75, 3.05) is 18.6 Å². The quantitative estimate of drug-likeness (QED) is 0.683. The SMILES string of the molecule is COc1ccc2c(c1)nc(C1=C(O)CN(c3ccc(C(C)(C)C)cc3)C1=N)n2C. The molecule has 1 aliphatic heterocycles. The van der Waals surface area contributed by atoms with E-state index in [1.807, 2.05) is 41.9 Å². The number of anilines is 1. The van der Waals surface area contributed by atoms with Crippen LogP contribution < -0.4 is 9.64 Å². The smallest absolute Gasteiger partial charge is 0.148 e. The zero-order valence-electron chi connectivity index (χ0n) is 17.4. The van der Waals surface area contributed by atoms with Crippen LogP contribution in [0.25, 0.3) is 16.6 Å². The summed E-state index contributed by atoms with van der Waals surface area (Å²) in [6.45, 7) is 6.78. The third kappa shape index (κ3) is 3.14. The van der Waals surface area contributed by atoms with E-state index in [0.717, 1.165) is 22.5 Å². The van der Waals surface area contributed by atoms with Crippen molar-refractivity contribution < 1.29 is 9.84 Å². The number of nitrogens with zero attached hydrogens (tertiary/aromatic N) is 3. The van der Waals surface area contributed by atoms with E-state index in [1.54, 1.807) is 12.0 Å². The van der Waals surface area contributed by atoms with Gasteiger partial charge in [0, 0.05) is 18.8 Å². The second kappa shape index (κ2) is 6.65. The van der Waals surface area contributed by atoms with Crippen molar-refractivity contribution in [2.45, 2.75) is 26.2 Å². The maximum atomic E-state index is 10.7. The highest BCUT2D eigenvalue weighted by atomic mass is 16.5. The summed E-state index contributed by atoms with van der Waals surface area (Å²) in [7, 11) is 3.51. The Morgan fingerprint density at radius 1 is 1.10 bits per heavy atom. The van der Waals surface area contributed by atoms with Gasteiger partial charge in [0.1, 0.15) is 23.2 Å². The van der Waals surface area contributed by atoms with Gasteiger partial charge < -0.3 is 19.3 Å². The molecular weight excluding hydrogens is 364 g/mol. The average molecular weight is 390 g/mol. The lowest BCUT2D eigenvalue weighted by Crippen LogP contribution is -2.26. The molecule has 2 N–H and O–H groups in total. The van der Waals surface area contributed by atoms with Crippen molar-refractivity contribution in [2.24, 2.45) is 7.05 Å². The highest BCUT2D eigenvalue weighted by Crippen LogP contribution is 2.33. The number of rotatable bonds is 3. The third-order valence-corrected chi connectivity index (χ3v) is 5.46. The van der Waals surface area contributed by atoms with E-state index in [-0.39, 0.29) is 23.6 Å². The first-order valence-electron chi connectivity index (χ1n) is 9.60. The van der Waals surface area contributed by atoms with Gasteiger partial charge in [-0.05, 0) is 35.2 Å². The predicted octanol–water partition coefficient (Wildman–Crippen LogP) is 4.65. The third-order valence-electron chi connectivity index (χ3n) is 5.46. The number of benzene rings is 2. The van der Waals surface area contributed by atoms with Gasteiger partial charge in [-0.3, -0.25) is 5.41 Å². The normalized spacial score (nSPS) is 14.9. The van der Waals surface area contributed by atoms with Crippen molar-refractivity contribution in [1.82, 2.24) is 9.55 Å². The Hall–Kier alpha value is -3.28. The molecule has 1 aromatic heterocycles. The molecule has 0 spiro atoms. The Labute approximate surface area is 170 Å². The molecule has 2 aromatic carbocycles. The van der Waals surface area contributed by atoms with Crippen LogP contribution >= 0.6 is 0 Å². The minimum atomic E-state index is 0.0662. The highest BCUT2D eigenvalue weighted by molar-refractivity contribution is 6.30. The second-order valence-corrected chi connectivity index (χ2v) is 8.40. The zero-order valence-corrected chi connectivity index (χ0v) is 17.4. The van der Waals surface area contributed by atoms with Crippen LogP contribution in [-0.2, 0) is 12.5 Å². The van der Waals surface area contributed by atoms with Crippen LogP contribution in [0.5, 0.6) is 5.75 Å². The van der Waals surface area contributed by atoms with E-state index in [4.69, 9.17) is 10.1 Å². The Bertz CT molecular complexity index is 1130. The second-order valence-electron chi connectivity index (χ2n) is 8.40. The number of ether oxygens (including phenoxy) is 1. The topological polar surface area (TPSA) is 74.4 Å². The number of hydrogen-bond acceptors (Lipinski definition) is 4. The van der Waals surface area contributed by atoms with Crippen LogP contribution in [0.1, 0.15) is 32.2 Å². The minimum absolute atomic E-state index is 0.0662. The maximum absolute atomic E-state index is 10.7. The number of aliphatic hydroxyl groups excluding tert-OH is 1. The van der Waals surface area contributed by atoms with Crippen LogP contribution in [-0.4, -0.2) is 34.1 Å². The number of fused-ring (bicyclic) bond motifs is 1. The number of aryl methyl sites for hydroxylation is 1. The number of aromatic nitrogens is 2. The molecule has 1 aliphatic rings. The minimum Gasteiger partial charge on any atom is -0.509 e. The standard InChI is InChI=1S/C23H26N4O2/c1-23(2,3)14-6-8-15(9-7-14)27-13-19(28)20(21(27)24)22-25-17-12-16(29-5)10-11-18(17)26(22)4/h6-12,24,28H,13H2,1-5H3. The van der Waals surface area contributed by atoms with Gasteiger partial charge in [0.25, 0.3) is 0 Å². The van der Waals surface area contributed by atoms with E-state index in [2.05, 4.69) is 37.9 Å². The molecule has 0 fully saturated rings. The molecule has 29 heavy (non-hydrogen) atoms. The van der Waals surface area contributed by atoms with Crippen molar-refractivity contribution in [3.63, 3.8) is 0 Å². The van der Waals surface area contributed by atoms with E-state index in [0.29, 0.717) is 11.4 Å². The highest BCUT2D eigenvalue weighted by Gasteiger charge is 2.32. The maximum Gasteiger partial charge on any atom is 0.148 e. The fourth-order valence-corrected chi connectivity index (χ4v) is 3.71. The summed E-state index contributed by atoms with van der Waals surface area (Å²) in [6.07, 6.45) is 0. The van der Waals surface area contributed by atoms with Gasteiger partial charge in [0.05, 0.1) is 30.3 Å². The van der Waals surface area contributed by atoms with Crippen LogP contribution in [0, 0.1) is 5.41 Å². The van der Waals surface area contributed by atoms with E-state index in [1.165, 1.54) is 5.56 Å². The lowest BCUT2D eigenvalue weighted by molar-refractivity contribution is 0.411. The Kier molecular flexibility index (Phi) is 4.37. The fourth-order valence-electron chi connectivity index (χ4n) is 3.71. The van der Waals surface area contributed by atoms with Gasteiger partial charge >= 0.3 is 0 Å². The number of imidazole rings is 1. The summed E-state index contributed by atoms with van der Waals surface area (Å²) in [4.78, 5) is 6.48. The molecule has 6 nitrogen and oxygen atoms in total. The zero-order chi connectivity index (χ0) is 20.9. The lowest BCUT2D eigenvalue weighted by Gasteiger charge is -2.22. The molecule has 0 aliphatic carbocycles. The number of hydrogen-bond donors (Lipinski definition) is 2. The fraction of sp³-hybridized carbons (Fsp3) is 0.304. The van der Waals surface area contributed by atoms with Crippen molar-refractivity contribution in [3.8, 4) is 5.75 Å². The first-order valence-corrected chi connectivity index (χ1v) is 9.60. The average Bonchev–Trinajstić information content (AvgIpc) is 3.16. The number of amidine groups is 1. The molecule has 0 amide bonds. The number of aliphatic hydroxyl groups is 1. The monoisotopic (exact) mass is 390 g/mol. The van der Waals surface area contributed by atoms with Crippen LogP contribution in [0.15, 0.2) is 48.2 Å². The van der Waals surface area contributed by atoms with Gasteiger partial charge in [0.2, 0.25) is 0 Å². The first kappa shape index (κ1) is 19.1. The summed E-state index contributed by atoms with van der Waals surface area (Å²) < 4.78 is 7.19. The summed E-state index contributed by atoms with van der Waals surface area (Å²) >= 11 is 0. The molecule has 6 heteroatoms. The van der Waals surface area contributed by atoms with E-state index >= 15 is 0 Å². The summed E-state index contributed by atoms with van der Waals surface area (Å²) in [5.41, 5.74) is 4.32. The van der Waals surface area contributed by atoms with Crippen molar-refractivity contribution >= 4 is 28.1 Å². The molecule has 0 unspecified atom stereocenters. The lowest BCUT2D eigenvalue weighted by atomic mass is 9.87. The van der Waals surface area contributed by atoms with Crippen LogP contribution in [0.2, 0.25) is 0 Å². The molecule has 0 saturated carbocycles. The van der Waals surface area contributed by atoms with Gasteiger partial charge in [-0.1, -0.05) is 32.9 Å². The molecule has 0 radical (unpaired) electrons. The number of nitrogens with one attached hydrogen (secondary N) is 1. The largest absolute Gasteiger partial charge is 0.509 e. The van der Waals surface area contributed by atoms with E-state index < -0.39 is 0 Å². The van der Waals surface area contributed by atoms with Gasteiger partial charge in [-0.15, -0.1) is 0 Å². The molecule has 0 bridgehead atoms. The Morgan fingerprint density at radius 3 is 2.41 bits per heavy atom. The molecule has 2 heterocycles. The van der Waals surface area contributed by atoms with Gasteiger partial charge in [0.15, 0.2) is 0 Å². The Balaban J connectivity index is 1.70. The summed E-state index contributed by atoms with van der Waals surface area (Å²) in [5, 5.41) is 19.4. The first-order chi connectivity index (χ1) is 13.7. The molecule has 3 aromatic rings. The Morgan fingerprint density at radius 2 is 1.79 bits per heavy atom. The molecule has 0 atom stereocenters.